The number of thioether (sulfide) groups is 1. The Kier molecular flexibility index (Phi) is 5.68. The monoisotopic (exact) mass is 347 g/mol. The smallest absolute Gasteiger partial charge is 0.254 e. The molecule has 1 aliphatic heterocycles. The third-order valence-corrected chi connectivity index (χ3v) is 4.95. The Labute approximate surface area is 123 Å². The fraction of sp³-hybridized carbons (Fsp3) is 0.455. The topological polar surface area (TPSA) is 44.7 Å². The molecular weight excluding hydrogens is 334 g/mol. The number of hydrazone groups is 1. The second kappa shape index (κ2) is 7.28. The largest absolute Gasteiger partial charge is 0.293 e. The van der Waals surface area contributed by atoms with E-state index in [4.69, 9.17) is 0 Å². The van der Waals surface area contributed by atoms with Gasteiger partial charge in [-0.2, -0.15) is 16.9 Å². The van der Waals surface area contributed by atoms with E-state index in [2.05, 4.69) is 31.4 Å². The number of nitrogens with one attached hydrogen (secondary N) is 1. The minimum absolute atomic E-state index is 0.0474. The molecular formula is C11H14BrN3OS2. The predicted octanol–water partition coefficient (Wildman–Crippen LogP) is 2.01. The Balaban J connectivity index is 1.72. The molecule has 2 heterocycles. The van der Waals surface area contributed by atoms with Crippen LogP contribution in [-0.4, -0.2) is 48.2 Å². The van der Waals surface area contributed by atoms with Crippen molar-refractivity contribution in [1.82, 2.24) is 10.3 Å². The zero-order valence-corrected chi connectivity index (χ0v) is 13.0. The number of thiophene rings is 1. The molecule has 0 atom stereocenters. The summed E-state index contributed by atoms with van der Waals surface area (Å²) in [5, 5.41) is 3.95. The number of halogens is 1. The number of carbonyl (C=O) groups excluding carboxylic acids is 1. The zero-order valence-electron chi connectivity index (χ0n) is 9.76. The van der Waals surface area contributed by atoms with Gasteiger partial charge < -0.3 is 0 Å². The summed E-state index contributed by atoms with van der Waals surface area (Å²) in [6, 6.07) is 3.91. The highest BCUT2D eigenvalue weighted by Crippen LogP contribution is 2.20. The first kappa shape index (κ1) is 14.0. The number of hydrogen-bond acceptors (Lipinski definition) is 5. The third-order valence-electron chi connectivity index (χ3n) is 2.45. The Hall–Kier alpha value is -0.370. The number of rotatable bonds is 4. The average molecular weight is 348 g/mol. The standard InChI is InChI=1S/C11H14BrN3OS2/c12-10-2-1-9(18-10)7-13-14-11(16)8-15-3-5-17-6-4-15/h1-2,7H,3-6,8H2,(H,14,16)/b13-7+. The number of hydrogen-bond donors (Lipinski definition) is 1. The highest BCUT2D eigenvalue weighted by atomic mass is 79.9. The van der Waals surface area contributed by atoms with Gasteiger partial charge in [0.1, 0.15) is 0 Å². The average Bonchev–Trinajstić information content (AvgIpc) is 2.76. The van der Waals surface area contributed by atoms with Crippen molar-refractivity contribution < 1.29 is 4.79 Å². The summed E-state index contributed by atoms with van der Waals surface area (Å²) in [6.45, 7) is 2.41. The molecule has 98 valence electrons. The van der Waals surface area contributed by atoms with E-state index < -0.39 is 0 Å². The molecule has 1 aromatic rings. The van der Waals surface area contributed by atoms with E-state index in [1.807, 2.05) is 23.9 Å². The van der Waals surface area contributed by atoms with E-state index in [9.17, 15) is 4.79 Å². The molecule has 2 rings (SSSR count). The SMILES string of the molecule is O=C(CN1CCSCC1)N/N=C/c1ccc(Br)s1. The van der Waals surface area contributed by atoms with Gasteiger partial charge in [0.2, 0.25) is 0 Å². The normalized spacial score (nSPS) is 17.2. The van der Waals surface area contributed by atoms with Crippen LogP contribution in [0.3, 0.4) is 0 Å². The Morgan fingerprint density at radius 2 is 2.28 bits per heavy atom. The highest BCUT2D eigenvalue weighted by molar-refractivity contribution is 9.11. The van der Waals surface area contributed by atoms with Crippen LogP contribution in [0.1, 0.15) is 4.88 Å². The van der Waals surface area contributed by atoms with Gasteiger partial charge in [-0.1, -0.05) is 0 Å². The first-order chi connectivity index (χ1) is 8.74. The van der Waals surface area contributed by atoms with E-state index in [1.54, 1.807) is 17.6 Å². The van der Waals surface area contributed by atoms with Crippen LogP contribution in [0.15, 0.2) is 21.0 Å². The molecule has 0 unspecified atom stereocenters. The Morgan fingerprint density at radius 3 is 2.94 bits per heavy atom. The maximum atomic E-state index is 11.6. The molecule has 1 amide bonds. The van der Waals surface area contributed by atoms with E-state index in [0.717, 1.165) is 33.3 Å². The van der Waals surface area contributed by atoms with Gasteiger partial charge in [0.15, 0.2) is 0 Å². The van der Waals surface area contributed by atoms with E-state index in [1.165, 1.54) is 0 Å². The predicted molar refractivity (Wildman–Crippen MR) is 81.5 cm³/mol. The first-order valence-electron chi connectivity index (χ1n) is 5.61. The van der Waals surface area contributed by atoms with Crippen molar-refractivity contribution in [3.05, 3.63) is 20.8 Å². The molecule has 0 saturated carbocycles. The lowest BCUT2D eigenvalue weighted by molar-refractivity contribution is -0.122. The van der Waals surface area contributed by atoms with Crippen molar-refractivity contribution in [2.75, 3.05) is 31.1 Å². The van der Waals surface area contributed by atoms with Gasteiger partial charge in [-0.25, -0.2) is 5.43 Å². The van der Waals surface area contributed by atoms with Crippen molar-refractivity contribution in [3.8, 4) is 0 Å². The van der Waals surface area contributed by atoms with Gasteiger partial charge in [-0.05, 0) is 28.1 Å². The van der Waals surface area contributed by atoms with Crippen LogP contribution in [0.25, 0.3) is 0 Å². The molecule has 1 saturated heterocycles. The van der Waals surface area contributed by atoms with Crippen LogP contribution in [0.5, 0.6) is 0 Å². The molecule has 18 heavy (non-hydrogen) atoms. The summed E-state index contributed by atoms with van der Waals surface area (Å²) in [5.41, 5.74) is 2.56. The molecule has 4 nitrogen and oxygen atoms in total. The summed E-state index contributed by atoms with van der Waals surface area (Å²) in [7, 11) is 0. The fourth-order valence-electron chi connectivity index (χ4n) is 1.56. The Morgan fingerprint density at radius 1 is 1.50 bits per heavy atom. The van der Waals surface area contributed by atoms with Crippen LogP contribution < -0.4 is 5.43 Å². The molecule has 1 aromatic heterocycles. The maximum Gasteiger partial charge on any atom is 0.254 e. The lowest BCUT2D eigenvalue weighted by atomic mass is 10.4. The van der Waals surface area contributed by atoms with E-state index in [-0.39, 0.29) is 5.91 Å². The van der Waals surface area contributed by atoms with Crippen LogP contribution in [0, 0.1) is 0 Å². The lowest BCUT2D eigenvalue weighted by Gasteiger charge is -2.24. The number of amides is 1. The third kappa shape index (κ3) is 4.72. The minimum Gasteiger partial charge on any atom is -0.293 e. The highest BCUT2D eigenvalue weighted by Gasteiger charge is 2.13. The van der Waals surface area contributed by atoms with Crippen LogP contribution in [0.4, 0.5) is 0 Å². The van der Waals surface area contributed by atoms with Gasteiger partial charge in [-0.3, -0.25) is 9.69 Å². The van der Waals surface area contributed by atoms with Crippen LogP contribution >= 0.6 is 39.0 Å². The van der Waals surface area contributed by atoms with Gasteiger partial charge in [-0.15, -0.1) is 11.3 Å². The van der Waals surface area contributed by atoms with Gasteiger partial charge in [0, 0.05) is 29.5 Å². The summed E-state index contributed by atoms with van der Waals surface area (Å²) < 4.78 is 1.06. The lowest BCUT2D eigenvalue weighted by Crippen LogP contribution is -2.40. The van der Waals surface area contributed by atoms with Crippen LogP contribution in [-0.2, 0) is 4.79 Å². The molecule has 1 aliphatic rings. The van der Waals surface area contributed by atoms with Crippen molar-refractivity contribution in [1.29, 1.82) is 0 Å². The quantitative estimate of drug-likeness (QED) is 0.669. The summed E-state index contributed by atoms with van der Waals surface area (Å²) in [6.07, 6.45) is 1.67. The summed E-state index contributed by atoms with van der Waals surface area (Å²) >= 11 is 6.89. The molecule has 0 aliphatic carbocycles. The fourth-order valence-corrected chi connectivity index (χ4v) is 3.84. The molecule has 0 aromatic carbocycles. The van der Waals surface area contributed by atoms with Crippen LogP contribution in [0.2, 0.25) is 0 Å². The maximum absolute atomic E-state index is 11.6. The zero-order chi connectivity index (χ0) is 12.8. The second-order valence-corrected chi connectivity index (χ2v) is 7.54. The summed E-state index contributed by atoms with van der Waals surface area (Å²) in [4.78, 5) is 14.8. The van der Waals surface area contributed by atoms with Crippen molar-refractivity contribution in [2.45, 2.75) is 0 Å². The molecule has 1 fully saturated rings. The van der Waals surface area contributed by atoms with E-state index >= 15 is 0 Å². The Bertz CT molecular complexity index is 430. The molecule has 7 heteroatoms. The molecule has 0 bridgehead atoms. The second-order valence-electron chi connectivity index (χ2n) is 3.82. The van der Waals surface area contributed by atoms with Gasteiger partial charge >= 0.3 is 0 Å². The first-order valence-corrected chi connectivity index (χ1v) is 8.38. The molecule has 1 N–H and O–H groups in total. The van der Waals surface area contributed by atoms with E-state index in [0.29, 0.717) is 6.54 Å². The minimum atomic E-state index is -0.0474. The number of nitrogens with zero attached hydrogens (tertiary/aromatic N) is 2. The van der Waals surface area contributed by atoms with Gasteiger partial charge in [0.25, 0.3) is 5.91 Å². The molecule has 0 spiro atoms. The molecule has 0 radical (unpaired) electrons. The van der Waals surface area contributed by atoms with Crippen molar-refractivity contribution in [2.24, 2.45) is 5.10 Å². The van der Waals surface area contributed by atoms with Crippen molar-refractivity contribution >= 4 is 51.2 Å². The van der Waals surface area contributed by atoms with Crippen molar-refractivity contribution in [3.63, 3.8) is 0 Å². The number of carbonyl (C=O) groups is 1. The van der Waals surface area contributed by atoms with Gasteiger partial charge in [0.05, 0.1) is 16.5 Å². The summed E-state index contributed by atoms with van der Waals surface area (Å²) in [5.74, 6) is 2.17.